The molecule has 1 aliphatic rings. The third kappa shape index (κ3) is 1.64. The Hall–Kier alpha value is -0.310. The first-order valence-corrected chi connectivity index (χ1v) is 5.43. The van der Waals surface area contributed by atoms with Crippen molar-refractivity contribution in [3.63, 3.8) is 0 Å². The Morgan fingerprint density at radius 3 is 2.09 bits per heavy atom. The van der Waals surface area contributed by atoms with Gasteiger partial charge in [-0.15, -0.1) is 0 Å². The van der Waals surface area contributed by atoms with Crippen LogP contribution in [0.15, 0.2) is 11.0 Å². The molecule has 0 unspecified atom stereocenters. The average Bonchev–Trinajstić information content (AvgIpc) is 2.06. The Labute approximate surface area is 68.2 Å². The minimum Gasteiger partial charge on any atom is -0.224 e. The van der Waals surface area contributed by atoms with Crippen molar-refractivity contribution in [1.82, 2.24) is 0 Å². The van der Waals surface area contributed by atoms with E-state index in [1.54, 1.807) is 0 Å². The molecular formula is C8H14O2S. The van der Waals surface area contributed by atoms with Gasteiger partial charge in [-0.1, -0.05) is 26.8 Å². The molecule has 0 aromatic heterocycles. The maximum absolute atomic E-state index is 11.3. The van der Waals surface area contributed by atoms with Gasteiger partial charge in [-0.3, -0.25) is 0 Å². The number of hydrogen-bond acceptors (Lipinski definition) is 2. The monoisotopic (exact) mass is 174 g/mol. The van der Waals surface area contributed by atoms with Crippen LogP contribution in [0.5, 0.6) is 0 Å². The highest BCUT2D eigenvalue weighted by Crippen LogP contribution is 2.34. The van der Waals surface area contributed by atoms with Gasteiger partial charge in [0.15, 0.2) is 9.84 Å². The fraction of sp³-hybridized carbons (Fsp3) is 0.750. The standard InChI is InChI=1S/C8H14O2S/c1-8(2,3)7-5-4-6-11(7,9)10/h5H,4,6H2,1-3H3. The second-order valence-corrected chi connectivity index (χ2v) is 6.00. The molecule has 0 atom stereocenters. The summed E-state index contributed by atoms with van der Waals surface area (Å²) in [5, 5.41) is 0. The van der Waals surface area contributed by atoms with Crippen LogP contribution in [0.3, 0.4) is 0 Å². The third-order valence-electron chi connectivity index (χ3n) is 1.79. The van der Waals surface area contributed by atoms with Crippen LogP contribution in [-0.2, 0) is 9.84 Å². The molecule has 0 N–H and O–H groups in total. The highest BCUT2D eigenvalue weighted by atomic mass is 32.2. The number of sulfone groups is 1. The predicted molar refractivity (Wildman–Crippen MR) is 45.9 cm³/mol. The lowest BCUT2D eigenvalue weighted by Crippen LogP contribution is -2.16. The third-order valence-corrected chi connectivity index (χ3v) is 4.01. The molecule has 11 heavy (non-hydrogen) atoms. The molecule has 0 amide bonds. The quantitative estimate of drug-likeness (QED) is 0.560. The summed E-state index contributed by atoms with van der Waals surface area (Å²) in [6.45, 7) is 5.80. The Morgan fingerprint density at radius 2 is 1.91 bits per heavy atom. The van der Waals surface area contributed by atoms with E-state index in [4.69, 9.17) is 0 Å². The molecule has 0 saturated heterocycles. The Bertz CT molecular complexity index is 278. The van der Waals surface area contributed by atoms with Gasteiger partial charge in [0.1, 0.15) is 0 Å². The van der Waals surface area contributed by atoms with Crippen molar-refractivity contribution in [2.24, 2.45) is 5.41 Å². The molecule has 0 aromatic carbocycles. The molecule has 0 aromatic rings. The molecule has 0 spiro atoms. The zero-order valence-electron chi connectivity index (χ0n) is 7.22. The second-order valence-electron chi connectivity index (χ2n) is 3.93. The number of rotatable bonds is 0. The van der Waals surface area contributed by atoms with Gasteiger partial charge >= 0.3 is 0 Å². The molecule has 0 saturated carbocycles. The van der Waals surface area contributed by atoms with Gasteiger partial charge in [0, 0.05) is 4.91 Å². The largest absolute Gasteiger partial charge is 0.224 e. The van der Waals surface area contributed by atoms with E-state index in [0.29, 0.717) is 17.1 Å². The van der Waals surface area contributed by atoms with Crippen LogP contribution in [0.2, 0.25) is 0 Å². The first-order valence-electron chi connectivity index (χ1n) is 3.77. The van der Waals surface area contributed by atoms with E-state index in [-0.39, 0.29) is 5.41 Å². The lowest BCUT2D eigenvalue weighted by atomic mass is 9.96. The highest BCUT2D eigenvalue weighted by Gasteiger charge is 2.31. The molecule has 1 heterocycles. The van der Waals surface area contributed by atoms with Crippen molar-refractivity contribution in [2.45, 2.75) is 27.2 Å². The Morgan fingerprint density at radius 1 is 1.36 bits per heavy atom. The molecule has 1 aliphatic heterocycles. The summed E-state index contributed by atoms with van der Waals surface area (Å²) in [4.78, 5) is 0.616. The number of allylic oxidation sites excluding steroid dienone is 2. The van der Waals surface area contributed by atoms with E-state index >= 15 is 0 Å². The first-order chi connectivity index (χ1) is 4.84. The van der Waals surface area contributed by atoms with Crippen LogP contribution in [0, 0.1) is 5.41 Å². The minimum absolute atomic E-state index is 0.213. The normalized spacial score (nSPS) is 23.4. The van der Waals surface area contributed by atoms with E-state index in [0.717, 1.165) is 0 Å². The molecule has 0 aliphatic carbocycles. The van der Waals surface area contributed by atoms with Gasteiger partial charge in [0.2, 0.25) is 0 Å². The zero-order chi connectivity index (χ0) is 8.70. The SMILES string of the molecule is CC(C)(C)C1=CCCS1(=O)=O. The summed E-state index contributed by atoms with van der Waals surface area (Å²) in [5.41, 5.74) is -0.213. The maximum atomic E-state index is 11.3. The van der Waals surface area contributed by atoms with E-state index in [9.17, 15) is 8.42 Å². The summed E-state index contributed by atoms with van der Waals surface area (Å²) in [6, 6.07) is 0. The second kappa shape index (κ2) is 2.34. The Kier molecular flexibility index (Phi) is 1.87. The summed E-state index contributed by atoms with van der Waals surface area (Å²) in [5.74, 6) is 0.305. The van der Waals surface area contributed by atoms with Gasteiger partial charge in [-0.25, -0.2) is 8.42 Å². The van der Waals surface area contributed by atoms with Crippen LogP contribution in [0.1, 0.15) is 27.2 Å². The highest BCUT2D eigenvalue weighted by molar-refractivity contribution is 7.95. The molecule has 3 heteroatoms. The lowest BCUT2D eigenvalue weighted by molar-refractivity contribution is 0.517. The predicted octanol–water partition coefficient (Wildman–Crippen LogP) is 1.73. The molecule has 1 rings (SSSR count). The van der Waals surface area contributed by atoms with Gasteiger partial charge in [-0.05, 0) is 11.8 Å². The van der Waals surface area contributed by atoms with Crippen LogP contribution < -0.4 is 0 Å². The molecule has 0 fully saturated rings. The van der Waals surface area contributed by atoms with Crippen molar-refractivity contribution in [1.29, 1.82) is 0 Å². The summed E-state index contributed by atoms with van der Waals surface area (Å²) < 4.78 is 22.7. The van der Waals surface area contributed by atoms with Gasteiger partial charge in [-0.2, -0.15) is 0 Å². The van der Waals surface area contributed by atoms with Crippen LogP contribution >= 0.6 is 0 Å². The lowest BCUT2D eigenvalue weighted by Gasteiger charge is -2.19. The fourth-order valence-electron chi connectivity index (χ4n) is 1.35. The van der Waals surface area contributed by atoms with Crippen molar-refractivity contribution >= 4 is 9.84 Å². The van der Waals surface area contributed by atoms with E-state index in [1.807, 2.05) is 26.8 Å². The summed E-state index contributed by atoms with van der Waals surface area (Å²) in [6.07, 6.45) is 2.53. The molecule has 64 valence electrons. The van der Waals surface area contributed by atoms with E-state index in [2.05, 4.69) is 0 Å². The maximum Gasteiger partial charge on any atom is 0.175 e. The van der Waals surface area contributed by atoms with Crippen molar-refractivity contribution < 1.29 is 8.42 Å². The topological polar surface area (TPSA) is 34.1 Å². The van der Waals surface area contributed by atoms with Crippen LogP contribution in [-0.4, -0.2) is 14.2 Å². The summed E-state index contributed by atoms with van der Waals surface area (Å²) in [7, 11) is -2.88. The fourth-order valence-corrected chi connectivity index (χ4v) is 3.31. The van der Waals surface area contributed by atoms with Gasteiger partial charge < -0.3 is 0 Å². The Balaban J connectivity index is 3.09. The molecule has 2 nitrogen and oxygen atoms in total. The van der Waals surface area contributed by atoms with Gasteiger partial charge in [0.05, 0.1) is 5.75 Å². The van der Waals surface area contributed by atoms with Crippen molar-refractivity contribution in [3.8, 4) is 0 Å². The number of hydrogen-bond donors (Lipinski definition) is 0. The van der Waals surface area contributed by atoms with E-state index < -0.39 is 9.84 Å². The molecule has 0 radical (unpaired) electrons. The van der Waals surface area contributed by atoms with Crippen LogP contribution in [0.25, 0.3) is 0 Å². The van der Waals surface area contributed by atoms with Crippen molar-refractivity contribution in [2.75, 3.05) is 5.75 Å². The van der Waals surface area contributed by atoms with Gasteiger partial charge in [0.25, 0.3) is 0 Å². The zero-order valence-corrected chi connectivity index (χ0v) is 8.03. The summed E-state index contributed by atoms with van der Waals surface area (Å²) >= 11 is 0. The van der Waals surface area contributed by atoms with E-state index in [1.165, 1.54) is 0 Å². The average molecular weight is 174 g/mol. The van der Waals surface area contributed by atoms with Crippen molar-refractivity contribution in [3.05, 3.63) is 11.0 Å². The molecule has 0 bridgehead atoms. The minimum atomic E-state index is -2.88. The smallest absolute Gasteiger partial charge is 0.175 e. The van der Waals surface area contributed by atoms with Crippen LogP contribution in [0.4, 0.5) is 0 Å². The first kappa shape index (κ1) is 8.78. The molecular weight excluding hydrogens is 160 g/mol.